The topological polar surface area (TPSA) is 68.1 Å². The Hall–Kier alpha value is -2.48. The van der Waals surface area contributed by atoms with Gasteiger partial charge in [0, 0.05) is 49.2 Å². The molecule has 0 saturated carbocycles. The summed E-state index contributed by atoms with van der Waals surface area (Å²) < 4.78 is 27.8. The Morgan fingerprint density at radius 3 is 2.70 bits per heavy atom. The highest BCUT2D eigenvalue weighted by molar-refractivity contribution is 7.88. The largest absolute Gasteiger partial charge is 0.337 e. The lowest BCUT2D eigenvalue weighted by atomic mass is 9.76. The van der Waals surface area contributed by atoms with E-state index in [1.807, 2.05) is 36.9 Å². The van der Waals surface area contributed by atoms with Crippen LogP contribution in [0.3, 0.4) is 0 Å². The molecule has 172 valence electrons. The summed E-state index contributed by atoms with van der Waals surface area (Å²) >= 11 is 6.42. The van der Waals surface area contributed by atoms with E-state index in [0.717, 1.165) is 37.1 Å². The number of allylic oxidation sites excluding steroid dienone is 1. The van der Waals surface area contributed by atoms with Crippen molar-refractivity contribution in [1.82, 2.24) is 18.8 Å². The minimum absolute atomic E-state index is 0.0946. The van der Waals surface area contributed by atoms with Crippen LogP contribution in [-0.4, -0.2) is 46.6 Å². The third-order valence-corrected chi connectivity index (χ3v) is 8.37. The van der Waals surface area contributed by atoms with Gasteiger partial charge in [-0.05, 0) is 65.6 Å². The van der Waals surface area contributed by atoms with Gasteiger partial charge in [0.05, 0.1) is 18.3 Å². The van der Waals surface area contributed by atoms with Gasteiger partial charge in [0.25, 0.3) is 0 Å². The molecule has 0 spiro atoms. The molecule has 33 heavy (non-hydrogen) atoms. The fourth-order valence-electron chi connectivity index (χ4n) is 5.20. The number of piperidine rings is 1. The van der Waals surface area contributed by atoms with Gasteiger partial charge in [-0.15, -0.1) is 0 Å². The van der Waals surface area contributed by atoms with Gasteiger partial charge in [0.1, 0.15) is 0 Å². The van der Waals surface area contributed by atoms with E-state index in [2.05, 4.69) is 27.8 Å². The van der Waals surface area contributed by atoms with Crippen LogP contribution in [0.4, 0.5) is 0 Å². The molecule has 3 heterocycles. The molecular formula is C25H27ClN4O2S. The van der Waals surface area contributed by atoms with E-state index < -0.39 is 10.0 Å². The Morgan fingerprint density at radius 2 is 1.97 bits per heavy atom. The molecule has 1 unspecified atom stereocenters. The molecule has 0 radical (unpaired) electrons. The second-order valence-corrected chi connectivity index (χ2v) is 11.3. The third-order valence-electron chi connectivity index (χ3n) is 6.83. The van der Waals surface area contributed by atoms with E-state index in [1.165, 1.54) is 23.0 Å². The van der Waals surface area contributed by atoms with Crippen molar-refractivity contribution in [3.05, 3.63) is 82.7 Å². The van der Waals surface area contributed by atoms with E-state index >= 15 is 0 Å². The molecule has 1 aromatic carbocycles. The maximum atomic E-state index is 12.1. The molecule has 6 nitrogen and oxygen atoms in total. The minimum atomic E-state index is -3.17. The standard InChI is InChI=1S/C25H27ClN4O2S/c1-33(31,32)30-12-7-18(8-13-30)24-22-5-4-21(26)16-20(22)15-19(6-11-29-14-10-27-17-29)23-3-2-9-28-25(23)24/h2-5,9-10,14-18,24H,6-8,11-13H2,1H3. The fraction of sp³-hybridized carbons (Fsp3) is 0.360. The van der Waals surface area contributed by atoms with E-state index in [9.17, 15) is 8.42 Å². The highest BCUT2D eigenvalue weighted by Crippen LogP contribution is 2.45. The lowest BCUT2D eigenvalue weighted by Crippen LogP contribution is -2.39. The van der Waals surface area contributed by atoms with Crippen LogP contribution < -0.4 is 0 Å². The van der Waals surface area contributed by atoms with Gasteiger partial charge < -0.3 is 4.57 Å². The molecule has 0 N–H and O–H groups in total. The van der Waals surface area contributed by atoms with Crippen LogP contribution in [0.25, 0.3) is 11.6 Å². The van der Waals surface area contributed by atoms with Crippen molar-refractivity contribution < 1.29 is 8.42 Å². The molecule has 2 aromatic heterocycles. The van der Waals surface area contributed by atoms with Crippen LogP contribution in [0.2, 0.25) is 5.02 Å². The van der Waals surface area contributed by atoms with Crippen molar-refractivity contribution in [2.75, 3.05) is 19.3 Å². The maximum absolute atomic E-state index is 12.1. The first-order chi connectivity index (χ1) is 15.9. The molecule has 5 rings (SSSR count). The van der Waals surface area contributed by atoms with Gasteiger partial charge in [-0.3, -0.25) is 4.98 Å². The zero-order chi connectivity index (χ0) is 23.0. The molecular weight excluding hydrogens is 456 g/mol. The summed E-state index contributed by atoms with van der Waals surface area (Å²) in [6.07, 6.45) is 13.5. The predicted octanol–water partition coefficient (Wildman–Crippen LogP) is 4.68. The second-order valence-electron chi connectivity index (χ2n) is 8.91. The van der Waals surface area contributed by atoms with Crippen molar-refractivity contribution >= 4 is 33.3 Å². The van der Waals surface area contributed by atoms with Crippen LogP contribution in [0.1, 0.15) is 47.6 Å². The summed E-state index contributed by atoms with van der Waals surface area (Å²) in [5.74, 6) is 0.398. The number of imidazole rings is 1. The molecule has 0 bridgehead atoms. The number of halogens is 1. The molecule has 1 saturated heterocycles. The van der Waals surface area contributed by atoms with Crippen molar-refractivity contribution in [2.45, 2.75) is 31.7 Å². The van der Waals surface area contributed by atoms with Crippen molar-refractivity contribution in [3.8, 4) is 0 Å². The van der Waals surface area contributed by atoms with Crippen LogP contribution in [0.15, 0.2) is 55.2 Å². The number of aryl methyl sites for hydroxylation is 1. The molecule has 3 aromatic rings. The summed E-state index contributed by atoms with van der Waals surface area (Å²) in [5.41, 5.74) is 5.81. The Kier molecular flexibility index (Phi) is 6.12. The Labute approximate surface area is 200 Å². The predicted molar refractivity (Wildman–Crippen MR) is 131 cm³/mol. The number of pyridine rings is 1. The molecule has 1 atom stereocenters. The fourth-order valence-corrected chi connectivity index (χ4v) is 6.25. The average Bonchev–Trinajstić information content (AvgIpc) is 3.27. The van der Waals surface area contributed by atoms with Gasteiger partial charge in [-0.25, -0.2) is 17.7 Å². The van der Waals surface area contributed by atoms with Crippen LogP contribution in [0.5, 0.6) is 0 Å². The zero-order valence-electron chi connectivity index (χ0n) is 18.6. The molecule has 0 amide bonds. The van der Waals surface area contributed by atoms with Crippen LogP contribution in [-0.2, 0) is 16.6 Å². The minimum Gasteiger partial charge on any atom is -0.337 e. The summed E-state index contributed by atoms with van der Waals surface area (Å²) in [6, 6.07) is 10.3. The Morgan fingerprint density at radius 1 is 1.15 bits per heavy atom. The van der Waals surface area contributed by atoms with Crippen LogP contribution >= 0.6 is 11.6 Å². The SMILES string of the molecule is CS(=O)(=O)N1CCC(C2c3ccc(Cl)cc3C=C(CCn3ccnc3)c3cccnc32)CC1. The summed E-state index contributed by atoms with van der Waals surface area (Å²) in [7, 11) is -3.17. The Balaban J connectivity index is 1.55. The van der Waals surface area contributed by atoms with Crippen molar-refractivity contribution in [3.63, 3.8) is 0 Å². The van der Waals surface area contributed by atoms with Crippen molar-refractivity contribution in [2.24, 2.45) is 5.92 Å². The van der Waals surface area contributed by atoms with Gasteiger partial charge in [0.15, 0.2) is 0 Å². The molecule has 8 heteroatoms. The first kappa shape index (κ1) is 22.3. The average molecular weight is 483 g/mol. The second kappa shape index (κ2) is 9.05. The number of hydrogen-bond donors (Lipinski definition) is 0. The zero-order valence-corrected chi connectivity index (χ0v) is 20.1. The van der Waals surface area contributed by atoms with Gasteiger partial charge in [-0.2, -0.15) is 0 Å². The number of hydrogen-bond acceptors (Lipinski definition) is 4. The Bertz CT molecular complexity index is 1280. The van der Waals surface area contributed by atoms with E-state index in [-0.39, 0.29) is 5.92 Å². The monoisotopic (exact) mass is 482 g/mol. The molecule has 1 fully saturated rings. The van der Waals surface area contributed by atoms with E-state index in [1.54, 1.807) is 10.5 Å². The third kappa shape index (κ3) is 4.63. The van der Waals surface area contributed by atoms with Gasteiger partial charge in [0.2, 0.25) is 10.0 Å². The normalized spacial score (nSPS) is 19.5. The van der Waals surface area contributed by atoms with E-state index in [0.29, 0.717) is 24.0 Å². The number of sulfonamides is 1. The number of nitrogens with zero attached hydrogens (tertiary/aromatic N) is 4. The van der Waals surface area contributed by atoms with Crippen molar-refractivity contribution in [1.29, 1.82) is 0 Å². The van der Waals surface area contributed by atoms with E-state index in [4.69, 9.17) is 16.6 Å². The maximum Gasteiger partial charge on any atom is 0.211 e. The first-order valence-corrected chi connectivity index (χ1v) is 13.5. The van der Waals surface area contributed by atoms with Gasteiger partial charge in [-0.1, -0.05) is 29.8 Å². The first-order valence-electron chi connectivity index (χ1n) is 11.3. The van der Waals surface area contributed by atoms with Crippen LogP contribution in [0, 0.1) is 5.92 Å². The number of aromatic nitrogens is 3. The summed E-state index contributed by atoms with van der Waals surface area (Å²) in [5, 5.41) is 0.712. The summed E-state index contributed by atoms with van der Waals surface area (Å²) in [4.78, 5) is 9.06. The lowest BCUT2D eigenvalue weighted by molar-refractivity contribution is 0.256. The molecule has 1 aliphatic carbocycles. The highest BCUT2D eigenvalue weighted by atomic mass is 35.5. The molecule has 1 aliphatic heterocycles. The lowest BCUT2D eigenvalue weighted by Gasteiger charge is -2.35. The summed E-state index contributed by atoms with van der Waals surface area (Å²) in [6.45, 7) is 1.92. The quantitative estimate of drug-likeness (QED) is 0.529. The molecule has 2 aliphatic rings. The van der Waals surface area contributed by atoms with Gasteiger partial charge >= 0.3 is 0 Å². The number of benzene rings is 1. The highest BCUT2D eigenvalue weighted by Gasteiger charge is 2.35. The number of fused-ring (bicyclic) bond motifs is 2. The smallest absolute Gasteiger partial charge is 0.211 e. The number of rotatable bonds is 5.